The Morgan fingerprint density at radius 2 is 1.85 bits per heavy atom. The van der Waals surface area contributed by atoms with E-state index < -0.39 is 0 Å². The summed E-state index contributed by atoms with van der Waals surface area (Å²) < 4.78 is 5.52. The van der Waals surface area contributed by atoms with Crippen molar-refractivity contribution in [1.82, 2.24) is 10.2 Å². The van der Waals surface area contributed by atoms with Gasteiger partial charge in [-0.1, -0.05) is 17.7 Å². The number of hydrogen-bond acceptors (Lipinski definition) is 3. The molecule has 2 heterocycles. The number of nitrogens with one attached hydrogen (secondary N) is 2. The first kappa shape index (κ1) is 18.7. The number of carbonyl (C=O) groups excluding carboxylic acids is 2. The highest BCUT2D eigenvalue weighted by molar-refractivity contribution is 5.90. The fourth-order valence-corrected chi connectivity index (χ4v) is 3.99. The molecule has 3 amide bonds. The first-order valence-corrected chi connectivity index (χ1v) is 9.40. The smallest absolute Gasteiger partial charge is 0.321 e. The molecule has 142 valence electrons. The lowest BCUT2D eigenvalue weighted by Gasteiger charge is -2.37. The van der Waals surface area contributed by atoms with Gasteiger partial charge < -0.3 is 20.3 Å². The average Bonchev–Trinajstić information content (AvgIpc) is 2.96. The van der Waals surface area contributed by atoms with Crippen LogP contribution in [0.15, 0.2) is 24.3 Å². The van der Waals surface area contributed by atoms with Crippen LogP contribution in [0.25, 0.3) is 0 Å². The maximum atomic E-state index is 12.8. The number of amides is 3. The minimum atomic E-state index is -0.183. The Labute approximate surface area is 155 Å². The Kier molecular flexibility index (Phi) is 5.51. The Hall–Kier alpha value is -2.08. The zero-order chi connectivity index (χ0) is 18.7. The van der Waals surface area contributed by atoms with Gasteiger partial charge in [0.15, 0.2) is 0 Å². The van der Waals surface area contributed by atoms with Crippen LogP contribution in [0.1, 0.15) is 32.3 Å². The second-order valence-electron chi connectivity index (χ2n) is 7.87. The van der Waals surface area contributed by atoms with Crippen LogP contribution in [-0.2, 0) is 9.53 Å². The molecule has 0 aliphatic carbocycles. The lowest BCUT2D eigenvalue weighted by Crippen LogP contribution is -2.46. The Bertz CT molecular complexity index is 651. The largest absolute Gasteiger partial charge is 0.381 e. The highest BCUT2D eigenvalue weighted by atomic mass is 16.5. The molecule has 26 heavy (non-hydrogen) atoms. The number of carbonyl (C=O) groups is 2. The van der Waals surface area contributed by atoms with E-state index in [9.17, 15) is 9.59 Å². The van der Waals surface area contributed by atoms with E-state index in [1.54, 1.807) is 4.90 Å². The molecule has 1 aromatic carbocycles. The van der Waals surface area contributed by atoms with E-state index in [-0.39, 0.29) is 29.3 Å². The molecule has 2 N–H and O–H groups in total. The molecule has 1 aromatic rings. The molecule has 2 saturated heterocycles. The predicted octanol–water partition coefficient (Wildman–Crippen LogP) is 2.78. The molecule has 0 saturated carbocycles. The van der Waals surface area contributed by atoms with Crippen molar-refractivity contribution in [3.63, 3.8) is 0 Å². The highest BCUT2D eigenvalue weighted by Gasteiger charge is 2.51. The monoisotopic (exact) mass is 359 g/mol. The molecule has 1 unspecified atom stereocenters. The summed E-state index contributed by atoms with van der Waals surface area (Å²) in [5.41, 5.74) is 1.74. The molecule has 0 aromatic heterocycles. The van der Waals surface area contributed by atoms with Gasteiger partial charge in [-0.15, -0.1) is 0 Å². The second-order valence-corrected chi connectivity index (χ2v) is 7.87. The van der Waals surface area contributed by atoms with Crippen molar-refractivity contribution >= 4 is 17.6 Å². The van der Waals surface area contributed by atoms with Gasteiger partial charge in [0.25, 0.3) is 0 Å². The molecule has 2 fully saturated rings. The second kappa shape index (κ2) is 7.66. The zero-order valence-electron chi connectivity index (χ0n) is 15.9. The maximum Gasteiger partial charge on any atom is 0.321 e. The van der Waals surface area contributed by atoms with Crippen molar-refractivity contribution in [1.29, 1.82) is 0 Å². The Balaban J connectivity index is 1.73. The first-order chi connectivity index (χ1) is 12.4. The topological polar surface area (TPSA) is 70.7 Å². The molecular weight excluding hydrogens is 330 g/mol. The lowest BCUT2D eigenvalue weighted by molar-refractivity contribution is -0.130. The van der Waals surface area contributed by atoms with Crippen LogP contribution in [0.4, 0.5) is 10.5 Å². The number of benzene rings is 1. The van der Waals surface area contributed by atoms with Gasteiger partial charge in [0.2, 0.25) is 5.91 Å². The van der Waals surface area contributed by atoms with Crippen molar-refractivity contribution in [2.75, 3.05) is 31.6 Å². The third-order valence-electron chi connectivity index (χ3n) is 5.47. The first-order valence-electron chi connectivity index (χ1n) is 9.40. The minimum absolute atomic E-state index is 0.0486. The van der Waals surface area contributed by atoms with Gasteiger partial charge in [-0.2, -0.15) is 0 Å². The van der Waals surface area contributed by atoms with Gasteiger partial charge >= 0.3 is 6.03 Å². The molecule has 1 spiro atoms. The number of nitrogens with zero attached hydrogens (tertiary/aromatic N) is 1. The Morgan fingerprint density at radius 1 is 1.19 bits per heavy atom. The summed E-state index contributed by atoms with van der Waals surface area (Å²) in [5.74, 6) is -0.134. The maximum absolute atomic E-state index is 12.8. The van der Waals surface area contributed by atoms with Crippen LogP contribution in [0.5, 0.6) is 0 Å². The molecule has 2 aliphatic heterocycles. The number of hydrogen-bond donors (Lipinski definition) is 2. The number of rotatable bonds is 3. The van der Waals surface area contributed by atoms with E-state index in [2.05, 4.69) is 10.6 Å². The van der Waals surface area contributed by atoms with Crippen molar-refractivity contribution in [3.8, 4) is 0 Å². The molecular formula is C20H29N3O3. The minimum Gasteiger partial charge on any atom is -0.381 e. The molecule has 0 bridgehead atoms. The standard InChI is InChI=1S/C20H29N3O3/c1-14(2)21-18(24)17-12-23(13-20(17)8-10-26-11-9-20)19(25)22-16-6-4-15(3)5-7-16/h4-7,14,17H,8-13H2,1-3H3,(H,21,24)(H,22,25). The molecule has 6 heteroatoms. The fraction of sp³-hybridized carbons (Fsp3) is 0.600. The van der Waals surface area contributed by atoms with Crippen LogP contribution in [0.3, 0.4) is 0 Å². The van der Waals surface area contributed by atoms with Crippen LogP contribution in [0, 0.1) is 18.3 Å². The number of ether oxygens (including phenoxy) is 1. The lowest BCUT2D eigenvalue weighted by atomic mass is 9.71. The molecule has 6 nitrogen and oxygen atoms in total. The van der Waals surface area contributed by atoms with Gasteiger partial charge in [0, 0.05) is 43.4 Å². The number of urea groups is 1. The van der Waals surface area contributed by atoms with E-state index in [4.69, 9.17) is 4.74 Å². The molecule has 2 aliphatic rings. The summed E-state index contributed by atoms with van der Waals surface area (Å²) in [6.45, 7) is 8.30. The van der Waals surface area contributed by atoms with Crippen molar-refractivity contribution in [2.45, 2.75) is 39.7 Å². The molecule has 0 radical (unpaired) electrons. The molecule has 3 rings (SSSR count). The number of likely N-dealkylation sites (tertiary alicyclic amines) is 1. The van der Waals surface area contributed by atoms with E-state index in [0.717, 1.165) is 24.1 Å². The average molecular weight is 359 g/mol. The van der Waals surface area contributed by atoms with Gasteiger partial charge in [-0.3, -0.25) is 4.79 Å². The van der Waals surface area contributed by atoms with Crippen molar-refractivity contribution in [2.24, 2.45) is 11.3 Å². The van der Waals surface area contributed by atoms with Crippen molar-refractivity contribution in [3.05, 3.63) is 29.8 Å². The SMILES string of the molecule is Cc1ccc(NC(=O)N2CC(C(=O)NC(C)C)C3(CCOCC3)C2)cc1. The molecule has 1 atom stereocenters. The summed E-state index contributed by atoms with van der Waals surface area (Å²) in [6, 6.07) is 7.69. The van der Waals surface area contributed by atoms with Crippen LogP contribution in [0.2, 0.25) is 0 Å². The fourth-order valence-electron chi connectivity index (χ4n) is 3.99. The third kappa shape index (κ3) is 4.01. The highest BCUT2D eigenvalue weighted by Crippen LogP contribution is 2.44. The van der Waals surface area contributed by atoms with E-state index in [0.29, 0.717) is 26.3 Å². The summed E-state index contributed by atoms with van der Waals surface area (Å²) in [6.07, 6.45) is 1.63. The van der Waals surface area contributed by atoms with Gasteiger partial charge in [0.1, 0.15) is 0 Å². The van der Waals surface area contributed by atoms with E-state index >= 15 is 0 Å². The van der Waals surface area contributed by atoms with Crippen LogP contribution >= 0.6 is 0 Å². The van der Waals surface area contributed by atoms with Crippen LogP contribution in [-0.4, -0.2) is 49.2 Å². The van der Waals surface area contributed by atoms with Gasteiger partial charge in [0.05, 0.1) is 5.92 Å². The van der Waals surface area contributed by atoms with Gasteiger partial charge in [-0.25, -0.2) is 4.79 Å². The summed E-state index contributed by atoms with van der Waals surface area (Å²) >= 11 is 0. The quantitative estimate of drug-likeness (QED) is 0.872. The van der Waals surface area contributed by atoms with E-state index in [1.165, 1.54) is 0 Å². The van der Waals surface area contributed by atoms with Crippen LogP contribution < -0.4 is 10.6 Å². The number of anilines is 1. The normalized spacial score (nSPS) is 21.8. The predicted molar refractivity (Wildman–Crippen MR) is 101 cm³/mol. The van der Waals surface area contributed by atoms with Crippen molar-refractivity contribution < 1.29 is 14.3 Å². The summed E-state index contributed by atoms with van der Waals surface area (Å²) in [5, 5.41) is 5.99. The summed E-state index contributed by atoms with van der Waals surface area (Å²) in [4.78, 5) is 27.3. The third-order valence-corrected chi connectivity index (χ3v) is 5.47. The summed E-state index contributed by atoms with van der Waals surface area (Å²) in [7, 11) is 0. The number of aryl methyl sites for hydroxylation is 1. The van der Waals surface area contributed by atoms with Gasteiger partial charge in [-0.05, 0) is 45.7 Å². The zero-order valence-corrected chi connectivity index (χ0v) is 15.9. The van der Waals surface area contributed by atoms with E-state index in [1.807, 2.05) is 45.0 Å². The Morgan fingerprint density at radius 3 is 2.46 bits per heavy atom.